The van der Waals surface area contributed by atoms with Gasteiger partial charge in [-0.3, -0.25) is 9.59 Å². The summed E-state index contributed by atoms with van der Waals surface area (Å²) in [5, 5.41) is 11.4. The van der Waals surface area contributed by atoms with Gasteiger partial charge in [0.15, 0.2) is 0 Å². The number of carbonyl (C=O) groups is 2. The van der Waals surface area contributed by atoms with E-state index in [1.807, 2.05) is 47.4 Å². The molecule has 0 spiro atoms. The van der Waals surface area contributed by atoms with E-state index in [2.05, 4.69) is 0 Å². The molecule has 5 nitrogen and oxygen atoms in total. The molecule has 2 aliphatic heterocycles. The molecule has 2 amide bonds. The van der Waals surface area contributed by atoms with Crippen LogP contribution in [0.25, 0.3) is 10.8 Å². The molecule has 5 heteroatoms. The third-order valence-corrected chi connectivity index (χ3v) is 6.43. The van der Waals surface area contributed by atoms with Crippen molar-refractivity contribution in [1.82, 2.24) is 4.90 Å². The first-order valence-electron chi connectivity index (χ1n) is 9.35. The van der Waals surface area contributed by atoms with Crippen molar-refractivity contribution < 1.29 is 14.7 Å². The predicted octanol–water partition coefficient (Wildman–Crippen LogP) is 1.89. The fraction of sp³-hybridized carbons (Fsp3) is 0.429. The molecule has 2 heterocycles. The smallest absolute Gasteiger partial charge is 0.228 e. The minimum atomic E-state index is -0.258. The minimum absolute atomic E-state index is 0.0253. The van der Waals surface area contributed by atoms with Gasteiger partial charge in [0, 0.05) is 38.0 Å². The lowest BCUT2D eigenvalue weighted by atomic mass is 10.1. The summed E-state index contributed by atoms with van der Waals surface area (Å²) in [5.74, 6) is 1.19. The maximum absolute atomic E-state index is 12.9. The van der Waals surface area contributed by atoms with Crippen LogP contribution >= 0.6 is 0 Å². The lowest BCUT2D eigenvalue weighted by molar-refractivity contribution is -0.135. The molecule has 2 unspecified atom stereocenters. The number of carbonyl (C=O) groups excluding carboxylic acids is 2. The molecule has 2 aromatic rings. The number of likely N-dealkylation sites (tertiary alicyclic amines) is 1. The summed E-state index contributed by atoms with van der Waals surface area (Å²) >= 11 is 0. The predicted molar refractivity (Wildman–Crippen MR) is 98.5 cm³/mol. The van der Waals surface area contributed by atoms with Crippen LogP contribution < -0.4 is 4.90 Å². The highest BCUT2D eigenvalue weighted by atomic mass is 16.3. The van der Waals surface area contributed by atoms with Gasteiger partial charge in [0.1, 0.15) is 0 Å². The maximum Gasteiger partial charge on any atom is 0.228 e. The van der Waals surface area contributed by atoms with Crippen molar-refractivity contribution in [3.63, 3.8) is 0 Å². The highest BCUT2D eigenvalue weighted by Crippen LogP contribution is 2.51. The van der Waals surface area contributed by atoms with Crippen molar-refractivity contribution in [1.29, 1.82) is 0 Å². The fourth-order valence-electron chi connectivity index (χ4n) is 4.91. The zero-order valence-corrected chi connectivity index (χ0v) is 14.5. The normalized spacial score (nSPS) is 30.1. The molecule has 3 aliphatic rings. The Kier molecular flexibility index (Phi) is 3.54. The SMILES string of the molecule is O=C(C1CC(=O)N(c2cccc3ccccc23)C1)N1C[C@@H]2C(CO)[C@@H]2C1. The summed E-state index contributed by atoms with van der Waals surface area (Å²) < 4.78 is 0. The molecule has 0 radical (unpaired) electrons. The number of aliphatic hydroxyl groups excluding tert-OH is 1. The van der Waals surface area contributed by atoms with E-state index in [0.717, 1.165) is 29.5 Å². The second-order valence-corrected chi connectivity index (χ2v) is 7.82. The zero-order chi connectivity index (χ0) is 17.8. The second-order valence-electron chi connectivity index (χ2n) is 7.82. The van der Waals surface area contributed by atoms with Crippen LogP contribution in [0.15, 0.2) is 42.5 Å². The molecule has 2 aromatic carbocycles. The Bertz CT molecular complexity index is 878. The Morgan fingerprint density at radius 3 is 2.54 bits per heavy atom. The molecule has 5 rings (SSSR count). The van der Waals surface area contributed by atoms with Crippen molar-refractivity contribution in [3.8, 4) is 0 Å². The summed E-state index contributed by atoms with van der Waals surface area (Å²) in [5.41, 5.74) is 0.896. The fourth-order valence-corrected chi connectivity index (χ4v) is 4.91. The lowest BCUT2D eigenvalue weighted by Gasteiger charge is -2.23. The van der Waals surface area contributed by atoms with Gasteiger partial charge >= 0.3 is 0 Å². The topological polar surface area (TPSA) is 60.9 Å². The second kappa shape index (κ2) is 5.81. The van der Waals surface area contributed by atoms with Gasteiger partial charge < -0.3 is 14.9 Å². The van der Waals surface area contributed by atoms with Gasteiger partial charge in [0.25, 0.3) is 0 Å². The van der Waals surface area contributed by atoms with Gasteiger partial charge in [-0.15, -0.1) is 0 Å². The summed E-state index contributed by atoms with van der Waals surface area (Å²) in [6.07, 6.45) is 0.289. The largest absolute Gasteiger partial charge is 0.396 e. The first-order chi connectivity index (χ1) is 12.7. The van der Waals surface area contributed by atoms with Crippen molar-refractivity contribution >= 4 is 28.3 Å². The van der Waals surface area contributed by atoms with Crippen molar-refractivity contribution in [3.05, 3.63) is 42.5 Å². The number of nitrogens with zero attached hydrogens (tertiary/aromatic N) is 2. The molecule has 134 valence electrons. The van der Waals surface area contributed by atoms with Crippen LogP contribution in [0.1, 0.15) is 6.42 Å². The average Bonchev–Trinajstić information content (AvgIpc) is 2.97. The first-order valence-corrected chi connectivity index (χ1v) is 9.35. The molecular formula is C21H22N2O3. The van der Waals surface area contributed by atoms with E-state index in [0.29, 0.717) is 24.3 Å². The van der Waals surface area contributed by atoms with Crippen LogP contribution in [0.5, 0.6) is 0 Å². The van der Waals surface area contributed by atoms with Crippen molar-refractivity contribution in [2.24, 2.45) is 23.7 Å². The Morgan fingerprint density at radius 1 is 1.04 bits per heavy atom. The molecule has 0 bridgehead atoms. The Hall–Kier alpha value is -2.40. The van der Waals surface area contributed by atoms with Crippen LogP contribution in [0.3, 0.4) is 0 Å². The van der Waals surface area contributed by atoms with Crippen LogP contribution in [0, 0.1) is 23.7 Å². The Balaban J connectivity index is 1.34. The van der Waals surface area contributed by atoms with E-state index < -0.39 is 0 Å². The van der Waals surface area contributed by atoms with Crippen molar-refractivity contribution in [2.45, 2.75) is 6.42 Å². The summed E-state index contributed by atoms with van der Waals surface area (Å²) in [6.45, 7) is 2.18. The van der Waals surface area contributed by atoms with E-state index in [1.165, 1.54) is 0 Å². The van der Waals surface area contributed by atoms with E-state index in [4.69, 9.17) is 0 Å². The number of fused-ring (bicyclic) bond motifs is 2. The van der Waals surface area contributed by atoms with E-state index >= 15 is 0 Å². The monoisotopic (exact) mass is 350 g/mol. The van der Waals surface area contributed by atoms with Gasteiger partial charge in [0.05, 0.1) is 11.6 Å². The Morgan fingerprint density at radius 2 is 1.77 bits per heavy atom. The minimum Gasteiger partial charge on any atom is -0.396 e. The van der Waals surface area contributed by atoms with Gasteiger partial charge in [-0.2, -0.15) is 0 Å². The van der Waals surface area contributed by atoms with Crippen molar-refractivity contribution in [2.75, 3.05) is 31.1 Å². The molecule has 3 fully saturated rings. The molecule has 26 heavy (non-hydrogen) atoms. The number of aliphatic hydroxyl groups is 1. The average molecular weight is 350 g/mol. The third-order valence-electron chi connectivity index (χ3n) is 6.43. The van der Waals surface area contributed by atoms with Gasteiger partial charge in [-0.25, -0.2) is 0 Å². The van der Waals surface area contributed by atoms with Crippen LogP contribution in [-0.4, -0.2) is 48.1 Å². The summed E-state index contributed by atoms with van der Waals surface area (Å²) in [6, 6.07) is 14.0. The molecule has 1 N–H and O–H groups in total. The molecule has 0 aromatic heterocycles. The maximum atomic E-state index is 12.9. The molecular weight excluding hydrogens is 328 g/mol. The molecule has 2 saturated heterocycles. The molecule has 1 saturated carbocycles. The number of benzene rings is 2. The van der Waals surface area contributed by atoms with E-state index in [-0.39, 0.29) is 30.8 Å². The standard InChI is InChI=1S/C21H22N2O3/c24-12-18-16-10-22(11-17(16)18)21(26)14-8-20(25)23(9-14)19-7-3-5-13-4-1-2-6-15(13)19/h1-7,14,16-18,24H,8-12H2/t14?,16-,17+,18?. The molecule has 1 aliphatic carbocycles. The van der Waals surface area contributed by atoms with Crippen LogP contribution in [0.2, 0.25) is 0 Å². The van der Waals surface area contributed by atoms with Crippen LogP contribution in [-0.2, 0) is 9.59 Å². The third kappa shape index (κ3) is 2.34. The van der Waals surface area contributed by atoms with Gasteiger partial charge in [-0.05, 0) is 29.2 Å². The number of amides is 2. The number of hydrogen-bond acceptors (Lipinski definition) is 3. The summed E-state index contributed by atoms with van der Waals surface area (Å²) in [7, 11) is 0. The van der Waals surface area contributed by atoms with E-state index in [1.54, 1.807) is 4.90 Å². The number of rotatable bonds is 3. The highest BCUT2D eigenvalue weighted by Gasteiger charge is 2.56. The quantitative estimate of drug-likeness (QED) is 0.920. The first kappa shape index (κ1) is 15.8. The van der Waals surface area contributed by atoms with Gasteiger partial charge in [-0.1, -0.05) is 36.4 Å². The van der Waals surface area contributed by atoms with E-state index in [9.17, 15) is 14.7 Å². The van der Waals surface area contributed by atoms with Crippen LogP contribution in [0.4, 0.5) is 5.69 Å². The Labute approximate surface area is 152 Å². The zero-order valence-electron chi connectivity index (χ0n) is 14.5. The molecule has 4 atom stereocenters. The highest BCUT2D eigenvalue weighted by molar-refractivity contribution is 6.07. The number of hydrogen-bond donors (Lipinski definition) is 1. The lowest BCUT2D eigenvalue weighted by Crippen LogP contribution is -2.38. The summed E-state index contributed by atoms with van der Waals surface area (Å²) in [4.78, 5) is 29.2. The van der Waals surface area contributed by atoms with Gasteiger partial charge in [0.2, 0.25) is 11.8 Å². The number of anilines is 1. The number of piperidine rings is 1.